The average Bonchev–Trinajstić information content (AvgIpc) is 3.22. The molecule has 25 heavy (non-hydrogen) atoms. The van der Waals surface area contributed by atoms with Crippen LogP contribution in [0.1, 0.15) is 42.0 Å². The molecule has 2 aliphatic heterocycles. The fraction of sp³-hybridized carbons (Fsp3) is 0.737. The molecule has 6 nitrogen and oxygen atoms in total. The molecule has 0 unspecified atom stereocenters. The zero-order chi connectivity index (χ0) is 17.8. The Morgan fingerprint density at radius 1 is 1.24 bits per heavy atom. The first-order chi connectivity index (χ1) is 12.1. The maximum absolute atomic E-state index is 13.0. The van der Waals surface area contributed by atoms with Gasteiger partial charge < -0.3 is 19.3 Å². The van der Waals surface area contributed by atoms with Crippen molar-refractivity contribution >= 4 is 5.91 Å². The number of hydrogen-bond donors (Lipinski definition) is 1. The third-order valence-corrected chi connectivity index (χ3v) is 5.54. The van der Waals surface area contributed by atoms with E-state index in [4.69, 9.17) is 4.42 Å². The maximum atomic E-state index is 13.0. The molecule has 6 heteroatoms. The van der Waals surface area contributed by atoms with Crippen LogP contribution < -0.4 is 0 Å². The van der Waals surface area contributed by atoms with Gasteiger partial charge in [-0.05, 0) is 70.9 Å². The van der Waals surface area contributed by atoms with Gasteiger partial charge in [0.2, 0.25) is 0 Å². The summed E-state index contributed by atoms with van der Waals surface area (Å²) in [6.07, 6.45) is 4.44. The van der Waals surface area contributed by atoms with Gasteiger partial charge >= 0.3 is 0 Å². The van der Waals surface area contributed by atoms with E-state index in [2.05, 4.69) is 9.80 Å². The van der Waals surface area contributed by atoms with Crippen LogP contribution in [0.2, 0.25) is 0 Å². The van der Waals surface area contributed by atoms with Crippen LogP contribution in [0.3, 0.4) is 0 Å². The third kappa shape index (κ3) is 4.63. The van der Waals surface area contributed by atoms with Gasteiger partial charge in [-0.25, -0.2) is 0 Å². The highest BCUT2D eigenvalue weighted by Crippen LogP contribution is 2.22. The lowest BCUT2D eigenvalue weighted by atomic mass is 10.0. The molecular weight excluding hydrogens is 318 g/mol. The number of nitrogens with zero attached hydrogens (tertiary/aromatic N) is 3. The molecule has 0 bridgehead atoms. The number of likely N-dealkylation sites (tertiary alicyclic amines) is 2. The van der Waals surface area contributed by atoms with E-state index in [-0.39, 0.29) is 18.4 Å². The molecule has 1 N–H and O–H groups in total. The van der Waals surface area contributed by atoms with Crippen molar-refractivity contribution in [2.45, 2.75) is 38.3 Å². The Kier molecular flexibility index (Phi) is 6.15. The van der Waals surface area contributed by atoms with E-state index < -0.39 is 0 Å². The smallest absolute Gasteiger partial charge is 0.289 e. The number of furan rings is 1. The summed E-state index contributed by atoms with van der Waals surface area (Å²) < 4.78 is 5.86. The number of carbonyl (C=O) groups is 1. The molecule has 3 heterocycles. The lowest BCUT2D eigenvalue weighted by Gasteiger charge is -2.28. The van der Waals surface area contributed by atoms with Gasteiger partial charge in [0.05, 0.1) is 6.54 Å². The largest absolute Gasteiger partial charge is 0.455 e. The number of likely N-dealkylation sites (N-methyl/N-ethyl adjacent to an activating group) is 1. The van der Waals surface area contributed by atoms with E-state index in [9.17, 15) is 9.90 Å². The van der Waals surface area contributed by atoms with Gasteiger partial charge in [-0.1, -0.05) is 0 Å². The minimum Gasteiger partial charge on any atom is -0.455 e. The van der Waals surface area contributed by atoms with Gasteiger partial charge in [0.25, 0.3) is 5.91 Å². The number of hydrogen-bond acceptors (Lipinski definition) is 5. The molecule has 1 aromatic heterocycles. The van der Waals surface area contributed by atoms with E-state index in [1.54, 1.807) is 6.07 Å². The quantitative estimate of drug-likeness (QED) is 0.876. The van der Waals surface area contributed by atoms with Gasteiger partial charge in [-0.15, -0.1) is 0 Å². The Bertz CT molecular complexity index is 566. The predicted molar refractivity (Wildman–Crippen MR) is 96.4 cm³/mol. The minimum absolute atomic E-state index is 0.0557. The Balaban J connectivity index is 1.68. The van der Waals surface area contributed by atoms with Gasteiger partial charge in [0.1, 0.15) is 5.76 Å². The second kappa shape index (κ2) is 8.34. The highest BCUT2D eigenvalue weighted by atomic mass is 16.4. The van der Waals surface area contributed by atoms with Crippen LogP contribution in [0.25, 0.3) is 0 Å². The number of carbonyl (C=O) groups excluding carboxylic acids is 1. The van der Waals surface area contributed by atoms with E-state index >= 15 is 0 Å². The van der Waals surface area contributed by atoms with Crippen molar-refractivity contribution in [1.82, 2.24) is 14.7 Å². The lowest BCUT2D eigenvalue weighted by molar-refractivity contribution is 0.0654. The summed E-state index contributed by atoms with van der Waals surface area (Å²) in [6, 6.07) is 4.05. The van der Waals surface area contributed by atoms with Crippen molar-refractivity contribution in [1.29, 1.82) is 0 Å². The van der Waals surface area contributed by atoms with Crippen molar-refractivity contribution in [3.63, 3.8) is 0 Å². The summed E-state index contributed by atoms with van der Waals surface area (Å²) in [5, 5.41) is 9.59. The first-order valence-corrected chi connectivity index (χ1v) is 9.44. The first-order valence-electron chi connectivity index (χ1n) is 9.44. The van der Waals surface area contributed by atoms with Gasteiger partial charge in [-0.3, -0.25) is 9.69 Å². The summed E-state index contributed by atoms with van der Waals surface area (Å²) in [7, 11) is 4.10. The molecule has 0 saturated carbocycles. The topological polar surface area (TPSA) is 60.2 Å². The summed E-state index contributed by atoms with van der Waals surface area (Å²) >= 11 is 0. The molecule has 1 amide bonds. The molecule has 2 aliphatic rings. The van der Waals surface area contributed by atoms with Gasteiger partial charge in [0, 0.05) is 25.7 Å². The van der Waals surface area contributed by atoms with Crippen molar-refractivity contribution in [3.05, 3.63) is 23.7 Å². The van der Waals surface area contributed by atoms with Gasteiger partial charge in [-0.2, -0.15) is 0 Å². The molecule has 0 radical (unpaired) electrons. The highest BCUT2D eigenvalue weighted by Gasteiger charge is 2.29. The SMILES string of the molecule is CN(C)[C@@H]1CC[C@H](CO)CN(C(=O)c2ccc(CN3CCCC3)o2)C1. The van der Waals surface area contributed by atoms with Gasteiger partial charge in [0.15, 0.2) is 5.76 Å². The molecule has 1 aromatic rings. The number of amides is 1. The zero-order valence-electron chi connectivity index (χ0n) is 15.5. The van der Waals surface area contributed by atoms with Crippen LogP contribution >= 0.6 is 0 Å². The Morgan fingerprint density at radius 2 is 2.00 bits per heavy atom. The van der Waals surface area contributed by atoms with E-state index in [1.807, 2.05) is 25.1 Å². The lowest BCUT2D eigenvalue weighted by Crippen LogP contribution is -2.42. The van der Waals surface area contributed by atoms with E-state index in [0.717, 1.165) is 38.2 Å². The number of aliphatic hydroxyl groups excluding tert-OH is 1. The second-order valence-corrected chi connectivity index (χ2v) is 7.70. The Labute approximate surface area is 150 Å². The van der Waals surface area contributed by atoms with Crippen LogP contribution in [0, 0.1) is 5.92 Å². The fourth-order valence-electron chi connectivity index (χ4n) is 3.88. The maximum Gasteiger partial charge on any atom is 0.289 e. The number of aliphatic hydroxyl groups is 1. The van der Waals surface area contributed by atoms with Crippen molar-refractivity contribution < 1.29 is 14.3 Å². The van der Waals surface area contributed by atoms with Crippen LogP contribution in [0.4, 0.5) is 0 Å². The summed E-state index contributed by atoms with van der Waals surface area (Å²) in [5.74, 6) is 1.38. The van der Waals surface area contributed by atoms with E-state index in [1.165, 1.54) is 12.8 Å². The highest BCUT2D eigenvalue weighted by molar-refractivity contribution is 5.91. The van der Waals surface area contributed by atoms with Crippen molar-refractivity contribution in [3.8, 4) is 0 Å². The zero-order valence-corrected chi connectivity index (χ0v) is 15.5. The second-order valence-electron chi connectivity index (χ2n) is 7.70. The van der Waals surface area contributed by atoms with Crippen molar-refractivity contribution in [2.75, 3.05) is 46.9 Å². The predicted octanol–water partition coefficient (Wildman–Crippen LogP) is 1.65. The van der Waals surface area contributed by atoms with Crippen LogP contribution in [0.15, 0.2) is 16.5 Å². The summed E-state index contributed by atoms with van der Waals surface area (Å²) in [4.78, 5) is 19.3. The first kappa shape index (κ1) is 18.4. The minimum atomic E-state index is -0.0557. The molecule has 0 aromatic carbocycles. The third-order valence-electron chi connectivity index (χ3n) is 5.54. The number of rotatable bonds is 5. The Morgan fingerprint density at radius 3 is 2.68 bits per heavy atom. The van der Waals surface area contributed by atoms with Crippen molar-refractivity contribution in [2.24, 2.45) is 5.92 Å². The summed E-state index contributed by atoms with van der Waals surface area (Å²) in [6.45, 7) is 4.42. The molecular formula is C19H31N3O3. The van der Waals surface area contributed by atoms with Crippen LogP contribution in [-0.4, -0.2) is 78.6 Å². The standard InChI is InChI=1S/C19H31N3O3/c1-20(2)16-6-5-15(14-23)11-22(12-16)19(24)18-8-7-17(25-18)13-21-9-3-4-10-21/h7-8,15-16,23H,3-6,9-14H2,1-2H3/t15-,16+/m0/s1. The molecule has 0 spiro atoms. The normalized spacial score (nSPS) is 25.5. The molecule has 2 fully saturated rings. The summed E-state index contributed by atoms with van der Waals surface area (Å²) in [5.41, 5.74) is 0. The molecule has 2 atom stereocenters. The fourth-order valence-corrected chi connectivity index (χ4v) is 3.88. The molecule has 2 saturated heterocycles. The molecule has 3 rings (SSSR count). The monoisotopic (exact) mass is 349 g/mol. The van der Waals surface area contributed by atoms with E-state index in [0.29, 0.717) is 24.9 Å². The average molecular weight is 349 g/mol. The Hall–Kier alpha value is -1.37. The van der Waals surface area contributed by atoms with Crippen LogP contribution in [-0.2, 0) is 6.54 Å². The molecule has 140 valence electrons. The van der Waals surface area contributed by atoms with Crippen LogP contribution in [0.5, 0.6) is 0 Å². The molecule has 0 aliphatic carbocycles.